The van der Waals surface area contributed by atoms with Crippen molar-refractivity contribution in [3.8, 4) is 0 Å². The molecule has 1 heterocycles. The third-order valence-corrected chi connectivity index (χ3v) is 3.98. The maximum Gasteiger partial charge on any atom is 0.191 e. The lowest BCUT2D eigenvalue weighted by Crippen LogP contribution is -2.41. The molecule has 1 atom stereocenters. The van der Waals surface area contributed by atoms with Crippen molar-refractivity contribution >= 4 is 5.96 Å². The van der Waals surface area contributed by atoms with Crippen molar-refractivity contribution in [3.05, 3.63) is 12.2 Å². The van der Waals surface area contributed by atoms with Gasteiger partial charge in [-0.2, -0.15) is 0 Å². The molecule has 1 aromatic heterocycles. The van der Waals surface area contributed by atoms with Gasteiger partial charge in [0, 0.05) is 33.1 Å². The van der Waals surface area contributed by atoms with Crippen LogP contribution in [0.25, 0.3) is 0 Å². The number of unbranched alkanes of at least 4 members (excludes halogenated alkanes) is 1. The third-order valence-electron chi connectivity index (χ3n) is 3.98. The largest absolute Gasteiger partial charge is 0.356 e. The Labute approximate surface area is 134 Å². The van der Waals surface area contributed by atoms with E-state index in [-0.39, 0.29) is 0 Å². The molecule has 1 rings (SSSR count). The minimum Gasteiger partial charge on any atom is -0.356 e. The number of aliphatic imine (C=N–C) groups is 1. The highest BCUT2D eigenvalue weighted by atomic mass is 15.3. The fourth-order valence-corrected chi connectivity index (χ4v) is 2.44. The normalized spacial score (nSPS) is 13.2. The fraction of sp³-hybridized carbons (Fsp3) is 0.812. The number of rotatable bonds is 10. The molecule has 6 nitrogen and oxygen atoms in total. The van der Waals surface area contributed by atoms with Gasteiger partial charge >= 0.3 is 0 Å². The summed E-state index contributed by atoms with van der Waals surface area (Å²) in [6.07, 6.45) is 7.76. The number of aromatic nitrogens is 3. The van der Waals surface area contributed by atoms with Crippen LogP contribution in [0.2, 0.25) is 0 Å². The first-order valence-corrected chi connectivity index (χ1v) is 8.56. The molecule has 0 saturated carbocycles. The van der Waals surface area contributed by atoms with Gasteiger partial charge in [0.25, 0.3) is 0 Å². The first-order valence-electron chi connectivity index (χ1n) is 8.56. The lowest BCUT2D eigenvalue weighted by atomic mass is 9.99. The molecule has 1 unspecified atom stereocenters. The van der Waals surface area contributed by atoms with Crippen molar-refractivity contribution in [3.63, 3.8) is 0 Å². The molecule has 0 aliphatic heterocycles. The second kappa shape index (κ2) is 11.0. The molecular formula is C16H32N6. The maximum absolute atomic E-state index is 4.29. The average molecular weight is 308 g/mol. The van der Waals surface area contributed by atoms with Crippen LogP contribution in [0, 0.1) is 5.92 Å². The smallest absolute Gasteiger partial charge is 0.191 e. The Morgan fingerprint density at radius 1 is 1.32 bits per heavy atom. The molecule has 0 amide bonds. The Bertz CT molecular complexity index is 426. The van der Waals surface area contributed by atoms with Gasteiger partial charge in [-0.3, -0.25) is 4.99 Å². The Morgan fingerprint density at radius 3 is 2.77 bits per heavy atom. The summed E-state index contributed by atoms with van der Waals surface area (Å²) in [5, 5.41) is 14.8. The molecule has 0 fully saturated rings. The zero-order valence-corrected chi connectivity index (χ0v) is 14.6. The van der Waals surface area contributed by atoms with Crippen LogP contribution in [-0.2, 0) is 13.0 Å². The molecule has 0 radical (unpaired) electrons. The van der Waals surface area contributed by atoms with E-state index < -0.39 is 0 Å². The molecule has 0 aliphatic carbocycles. The van der Waals surface area contributed by atoms with Crippen molar-refractivity contribution < 1.29 is 0 Å². The number of aryl methyl sites for hydroxylation is 1. The van der Waals surface area contributed by atoms with E-state index in [1.807, 2.05) is 7.05 Å². The predicted molar refractivity (Wildman–Crippen MR) is 92.1 cm³/mol. The SMILES string of the molecule is CCCCC(CC)CNC(=NC)NCCn1cnnc1CC. The second-order valence-corrected chi connectivity index (χ2v) is 5.59. The number of nitrogens with one attached hydrogen (secondary N) is 2. The predicted octanol–water partition coefficient (Wildman–Crippen LogP) is 2.22. The molecule has 0 aliphatic rings. The lowest BCUT2D eigenvalue weighted by Gasteiger charge is -2.18. The van der Waals surface area contributed by atoms with E-state index in [0.717, 1.165) is 43.8 Å². The molecule has 0 aromatic carbocycles. The van der Waals surface area contributed by atoms with Crippen molar-refractivity contribution in [2.75, 3.05) is 20.1 Å². The summed E-state index contributed by atoms with van der Waals surface area (Å²) >= 11 is 0. The maximum atomic E-state index is 4.29. The lowest BCUT2D eigenvalue weighted by molar-refractivity contribution is 0.443. The first-order chi connectivity index (χ1) is 10.7. The summed E-state index contributed by atoms with van der Waals surface area (Å²) in [6.45, 7) is 9.26. The molecule has 2 N–H and O–H groups in total. The summed E-state index contributed by atoms with van der Waals surface area (Å²) in [6, 6.07) is 0. The van der Waals surface area contributed by atoms with Gasteiger partial charge in [-0.15, -0.1) is 10.2 Å². The Morgan fingerprint density at radius 2 is 2.14 bits per heavy atom. The van der Waals surface area contributed by atoms with E-state index in [2.05, 4.69) is 51.2 Å². The van der Waals surface area contributed by atoms with Gasteiger partial charge in [0.1, 0.15) is 12.2 Å². The highest BCUT2D eigenvalue weighted by Crippen LogP contribution is 2.10. The van der Waals surface area contributed by atoms with E-state index in [0.29, 0.717) is 0 Å². The van der Waals surface area contributed by atoms with Crippen molar-refractivity contribution in [2.45, 2.75) is 59.4 Å². The number of hydrogen-bond acceptors (Lipinski definition) is 3. The van der Waals surface area contributed by atoms with Crippen LogP contribution in [0.1, 0.15) is 52.3 Å². The van der Waals surface area contributed by atoms with Gasteiger partial charge in [0.2, 0.25) is 0 Å². The van der Waals surface area contributed by atoms with Gasteiger partial charge in [-0.1, -0.05) is 40.0 Å². The van der Waals surface area contributed by atoms with E-state index in [1.54, 1.807) is 6.33 Å². The van der Waals surface area contributed by atoms with Crippen LogP contribution in [0.3, 0.4) is 0 Å². The standard InChI is InChI=1S/C16H32N6/c1-5-8-9-14(6-2)12-19-16(17-4)18-10-11-22-13-20-21-15(22)7-3/h13-14H,5-12H2,1-4H3,(H2,17,18,19). The van der Waals surface area contributed by atoms with Crippen molar-refractivity contribution in [1.29, 1.82) is 0 Å². The van der Waals surface area contributed by atoms with Crippen LogP contribution >= 0.6 is 0 Å². The summed E-state index contributed by atoms with van der Waals surface area (Å²) in [7, 11) is 1.82. The van der Waals surface area contributed by atoms with Crippen LogP contribution < -0.4 is 10.6 Å². The summed E-state index contributed by atoms with van der Waals surface area (Å²) < 4.78 is 2.08. The first kappa shape index (κ1) is 18.5. The molecule has 126 valence electrons. The average Bonchev–Trinajstić information content (AvgIpc) is 3.00. The van der Waals surface area contributed by atoms with E-state index >= 15 is 0 Å². The van der Waals surface area contributed by atoms with Crippen molar-refractivity contribution in [2.24, 2.45) is 10.9 Å². The van der Waals surface area contributed by atoms with E-state index in [9.17, 15) is 0 Å². The zero-order chi connectivity index (χ0) is 16.2. The molecule has 1 aromatic rings. The monoisotopic (exact) mass is 308 g/mol. The Balaban J connectivity index is 2.30. The minimum atomic E-state index is 0.725. The summed E-state index contributed by atoms with van der Waals surface area (Å²) in [5.41, 5.74) is 0. The fourth-order valence-electron chi connectivity index (χ4n) is 2.44. The highest BCUT2D eigenvalue weighted by molar-refractivity contribution is 5.79. The molecule has 22 heavy (non-hydrogen) atoms. The Kier molecular flexibility index (Phi) is 9.26. The van der Waals surface area contributed by atoms with Crippen LogP contribution in [0.4, 0.5) is 0 Å². The minimum absolute atomic E-state index is 0.725. The zero-order valence-electron chi connectivity index (χ0n) is 14.6. The van der Waals surface area contributed by atoms with Gasteiger partial charge in [-0.05, 0) is 12.3 Å². The number of guanidine groups is 1. The quantitative estimate of drug-likeness (QED) is 0.514. The summed E-state index contributed by atoms with van der Waals surface area (Å²) in [4.78, 5) is 4.29. The molecule has 6 heteroatoms. The second-order valence-electron chi connectivity index (χ2n) is 5.59. The van der Waals surface area contributed by atoms with Crippen LogP contribution in [-0.4, -0.2) is 40.9 Å². The third kappa shape index (κ3) is 6.45. The van der Waals surface area contributed by atoms with Gasteiger partial charge in [0.15, 0.2) is 5.96 Å². The van der Waals surface area contributed by atoms with E-state index in [1.165, 1.54) is 25.7 Å². The van der Waals surface area contributed by atoms with Gasteiger partial charge in [0.05, 0.1) is 0 Å². The Hall–Kier alpha value is -1.59. The summed E-state index contributed by atoms with van der Waals surface area (Å²) in [5.74, 6) is 2.62. The van der Waals surface area contributed by atoms with Crippen LogP contribution in [0.5, 0.6) is 0 Å². The molecule has 0 saturated heterocycles. The van der Waals surface area contributed by atoms with Crippen LogP contribution in [0.15, 0.2) is 11.3 Å². The molecule has 0 spiro atoms. The molecular weight excluding hydrogens is 276 g/mol. The van der Waals surface area contributed by atoms with Crippen molar-refractivity contribution in [1.82, 2.24) is 25.4 Å². The van der Waals surface area contributed by atoms with Gasteiger partial charge in [-0.25, -0.2) is 0 Å². The number of hydrogen-bond donors (Lipinski definition) is 2. The number of nitrogens with zero attached hydrogens (tertiary/aromatic N) is 4. The topological polar surface area (TPSA) is 67.1 Å². The molecule has 0 bridgehead atoms. The highest BCUT2D eigenvalue weighted by Gasteiger charge is 2.07. The van der Waals surface area contributed by atoms with E-state index in [4.69, 9.17) is 0 Å². The van der Waals surface area contributed by atoms with Gasteiger partial charge < -0.3 is 15.2 Å².